The van der Waals surface area contributed by atoms with Crippen LogP contribution in [0.5, 0.6) is 5.75 Å². The van der Waals surface area contributed by atoms with Gasteiger partial charge in [0.05, 0.1) is 13.7 Å². The molecular weight excluding hydrogens is 505 g/mol. The number of fused-ring (bicyclic) bond motifs is 1. The number of hydrogen-bond donors (Lipinski definition) is 0. The van der Waals surface area contributed by atoms with Gasteiger partial charge in [0.2, 0.25) is 0 Å². The maximum absolute atomic E-state index is 13.3. The summed E-state index contributed by atoms with van der Waals surface area (Å²) in [7, 11) is 1.58. The van der Waals surface area contributed by atoms with Crippen LogP contribution in [-0.4, -0.2) is 26.3 Å². The van der Waals surface area contributed by atoms with E-state index in [-0.39, 0.29) is 12.2 Å². The first-order valence-corrected chi connectivity index (χ1v) is 11.6. The van der Waals surface area contributed by atoms with Crippen LogP contribution in [0.25, 0.3) is 27.9 Å². The molecule has 0 unspecified atom stereocenters. The number of alkyl halides is 3. The minimum atomic E-state index is -4.55. The van der Waals surface area contributed by atoms with Gasteiger partial charge < -0.3 is 4.74 Å². The lowest BCUT2D eigenvalue weighted by Crippen LogP contribution is -2.22. The fourth-order valence-electron chi connectivity index (χ4n) is 4.17. The summed E-state index contributed by atoms with van der Waals surface area (Å²) in [6.45, 7) is 1.45. The van der Waals surface area contributed by atoms with Crippen molar-refractivity contribution in [3.63, 3.8) is 0 Å². The summed E-state index contributed by atoms with van der Waals surface area (Å²) in [5.74, 6) is 0.678. The summed E-state index contributed by atoms with van der Waals surface area (Å²) < 4.78 is 47.0. The van der Waals surface area contributed by atoms with Crippen LogP contribution in [0.2, 0.25) is 5.02 Å². The Morgan fingerprint density at radius 3 is 2.24 bits per heavy atom. The molecule has 6 nitrogen and oxygen atoms in total. The van der Waals surface area contributed by atoms with Crippen LogP contribution >= 0.6 is 11.6 Å². The van der Waals surface area contributed by atoms with Crippen LogP contribution in [0, 0.1) is 6.92 Å². The molecule has 37 heavy (non-hydrogen) atoms. The van der Waals surface area contributed by atoms with Crippen LogP contribution in [0.1, 0.15) is 17.0 Å². The summed E-state index contributed by atoms with van der Waals surface area (Å²) in [6, 6.07) is 18.8. The van der Waals surface area contributed by atoms with Gasteiger partial charge in [-0.05, 0) is 65.6 Å². The van der Waals surface area contributed by atoms with Crippen molar-refractivity contribution in [2.45, 2.75) is 19.6 Å². The second-order valence-electron chi connectivity index (χ2n) is 8.41. The fourth-order valence-corrected chi connectivity index (χ4v) is 4.30. The predicted octanol–water partition coefficient (Wildman–Crippen LogP) is 6.26. The molecule has 0 atom stereocenters. The predicted molar refractivity (Wildman–Crippen MR) is 135 cm³/mol. The Balaban J connectivity index is 1.67. The van der Waals surface area contributed by atoms with Gasteiger partial charge in [-0.3, -0.25) is 0 Å². The van der Waals surface area contributed by atoms with Crippen LogP contribution in [0.4, 0.5) is 13.2 Å². The topological polar surface area (TPSA) is 61.4 Å². The first kappa shape index (κ1) is 24.6. The van der Waals surface area contributed by atoms with Gasteiger partial charge in [-0.25, -0.2) is 18.9 Å². The number of ether oxygens (including phenoxy) is 1. The standard InChI is InChI=1S/C27H20ClF3N4O2/c1-16-19(7-12-23(32-16)27(29,30)31)15-35-26(36)34-14-13-22(17-3-8-20(28)9-4-17)24(25(34)33-35)18-5-10-21(37-2)11-6-18/h3-14H,15H2,1-2H3. The van der Waals surface area contributed by atoms with Crippen molar-refractivity contribution in [2.24, 2.45) is 0 Å². The van der Waals surface area contributed by atoms with Gasteiger partial charge in [0.1, 0.15) is 11.4 Å². The van der Waals surface area contributed by atoms with Gasteiger partial charge in [-0.1, -0.05) is 41.9 Å². The van der Waals surface area contributed by atoms with Crippen molar-refractivity contribution >= 4 is 17.2 Å². The third-order valence-corrected chi connectivity index (χ3v) is 6.35. The summed E-state index contributed by atoms with van der Waals surface area (Å²) in [6.07, 6.45) is -2.91. The van der Waals surface area contributed by atoms with Gasteiger partial charge in [-0.15, -0.1) is 5.10 Å². The molecule has 0 aliphatic carbocycles. The average molecular weight is 525 g/mol. The lowest BCUT2D eigenvalue weighted by molar-refractivity contribution is -0.141. The summed E-state index contributed by atoms with van der Waals surface area (Å²) in [4.78, 5) is 16.9. The zero-order chi connectivity index (χ0) is 26.3. The third kappa shape index (κ3) is 4.70. The third-order valence-electron chi connectivity index (χ3n) is 6.09. The van der Waals surface area contributed by atoms with Gasteiger partial charge in [0.25, 0.3) is 0 Å². The highest BCUT2D eigenvalue weighted by molar-refractivity contribution is 6.30. The lowest BCUT2D eigenvalue weighted by atomic mass is 9.96. The van der Waals surface area contributed by atoms with Crippen molar-refractivity contribution in [1.82, 2.24) is 19.2 Å². The molecule has 10 heteroatoms. The molecule has 5 rings (SSSR count). The van der Waals surface area contributed by atoms with Gasteiger partial charge in [0.15, 0.2) is 5.65 Å². The quantitative estimate of drug-likeness (QED) is 0.272. The SMILES string of the molecule is COc1ccc(-c2c(-c3ccc(Cl)cc3)ccn3c(=O)n(Cc4ccc(C(F)(F)F)nc4C)nc23)cc1. The van der Waals surface area contributed by atoms with Crippen molar-refractivity contribution in [1.29, 1.82) is 0 Å². The summed E-state index contributed by atoms with van der Waals surface area (Å²) in [5.41, 5.74) is 2.86. The van der Waals surface area contributed by atoms with E-state index in [1.807, 2.05) is 42.5 Å². The minimum absolute atomic E-state index is 0.0319. The molecule has 3 aromatic heterocycles. The highest BCUT2D eigenvalue weighted by atomic mass is 35.5. The van der Waals surface area contributed by atoms with Crippen LogP contribution in [-0.2, 0) is 12.7 Å². The molecule has 2 aromatic carbocycles. The number of halogens is 4. The number of pyridine rings is 2. The van der Waals surface area contributed by atoms with Gasteiger partial charge >= 0.3 is 11.9 Å². The number of aryl methyl sites for hydroxylation is 1. The van der Waals surface area contributed by atoms with Gasteiger partial charge in [0, 0.05) is 22.5 Å². The normalized spacial score (nSPS) is 11.7. The largest absolute Gasteiger partial charge is 0.497 e. The van der Waals surface area contributed by atoms with Gasteiger partial charge in [-0.2, -0.15) is 13.2 Å². The van der Waals surface area contributed by atoms with Crippen molar-refractivity contribution in [2.75, 3.05) is 7.11 Å². The number of hydrogen-bond acceptors (Lipinski definition) is 4. The Labute approximate surface area is 214 Å². The van der Waals surface area contributed by atoms with Crippen LogP contribution in [0.3, 0.4) is 0 Å². The fraction of sp³-hybridized carbons (Fsp3) is 0.148. The van der Waals surface area contributed by atoms with Crippen molar-refractivity contribution in [3.05, 3.63) is 105 Å². The highest BCUT2D eigenvalue weighted by Gasteiger charge is 2.32. The Hall–Kier alpha value is -4.11. The maximum Gasteiger partial charge on any atom is 0.433 e. The molecular formula is C27H20ClF3N4O2. The minimum Gasteiger partial charge on any atom is -0.497 e. The molecule has 0 fully saturated rings. The number of methoxy groups -OCH3 is 1. The molecule has 188 valence electrons. The zero-order valence-corrected chi connectivity index (χ0v) is 20.5. The molecule has 0 N–H and O–H groups in total. The first-order chi connectivity index (χ1) is 17.7. The smallest absolute Gasteiger partial charge is 0.433 e. The maximum atomic E-state index is 13.3. The monoisotopic (exact) mass is 524 g/mol. The van der Waals surface area contributed by atoms with E-state index in [1.54, 1.807) is 25.4 Å². The van der Waals surface area contributed by atoms with E-state index in [4.69, 9.17) is 16.3 Å². The van der Waals surface area contributed by atoms with E-state index in [1.165, 1.54) is 22.1 Å². The molecule has 0 saturated carbocycles. The number of aromatic nitrogens is 4. The molecule has 0 bridgehead atoms. The molecule has 0 radical (unpaired) electrons. The summed E-state index contributed by atoms with van der Waals surface area (Å²) in [5, 5.41) is 5.20. The van der Waals surface area contributed by atoms with E-state index in [9.17, 15) is 18.0 Å². The van der Waals surface area contributed by atoms with E-state index >= 15 is 0 Å². The Morgan fingerprint density at radius 2 is 1.62 bits per heavy atom. The number of rotatable bonds is 5. The number of nitrogens with zero attached hydrogens (tertiary/aromatic N) is 4. The van der Waals surface area contributed by atoms with Crippen LogP contribution in [0.15, 0.2) is 77.7 Å². The molecule has 5 aromatic rings. The molecule has 0 spiro atoms. The average Bonchev–Trinajstić information content (AvgIpc) is 3.19. The zero-order valence-electron chi connectivity index (χ0n) is 19.8. The highest BCUT2D eigenvalue weighted by Crippen LogP contribution is 2.36. The first-order valence-electron chi connectivity index (χ1n) is 11.2. The van der Waals surface area contributed by atoms with E-state index < -0.39 is 17.6 Å². The molecule has 0 saturated heterocycles. The van der Waals surface area contributed by atoms with E-state index in [2.05, 4.69) is 10.1 Å². The molecule has 3 heterocycles. The summed E-state index contributed by atoms with van der Waals surface area (Å²) >= 11 is 6.09. The molecule has 0 aliphatic heterocycles. The van der Waals surface area contributed by atoms with Crippen LogP contribution < -0.4 is 10.4 Å². The number of benzene rings is 2. The van der Waals surface area contributed by atoms with Crippen molar-refractivity contribution < 1.29 is 17.9 Å². The van der Waals surface area contributed by atoms with Crippen molar-refractivity contribution in [3.8, 4) is 28.0 Å². The van der Waals surface area contributed by atoms with E-state index in [0.29, 0.717) is 27.5 Å². The Morgan fingerprint density at radius 1 is 0.946 bits per heavy atom. The molecule has 0 aliphatic rings. The van der Waals surface area contributed by atoms with E-state index in [0.717, 1.165) is 22.8 Å². The second kappa shape index (κ2) is 9.40. The Kier molecular flexibility index (Phi) is 6.25. The molecule has 0 amide bonds. The second-order valence-corrected chi connectivity index (χ2v) is 8.85. The lowest BCUT2D eigenvalue weighted by Gasteiger charge is -2.12. The Bertz CT molecular complexity index is 1660.